The highest BCUT2D eigenvalue weighted by atomic mass is 16.5. The lowest BCUT2D eigenvalue weighted by atomic mass is 9.88. The number of aliphatic hydroxyl groups is 2. The van der Waals surface area contributed by atoms with Gasteiger partial charge in [-0.3, -0.25) is 4.79 Å². The Hall–Kier alpha value is -2.61. The van der Waals surface area contributed by atoms with Gasteiger partial charge < -0.3 is 30.3 Å². The number of aryl methyl sites for hydroxylation is 1. The molecule has 0 radical (unpaired) electrons. The molecule has 4 N–H and O–H groups in total. The average Bonchev–Trinajstić information content (AvgIpc) is 2.75. The zero-order chi connectivity index (χ0) is 21.7. The molecule has 0 bridgehead atoms. The largest absolute Gasteiger partial charge is 0.508 e. The van der Waals surface area contributed by atoms with Crippen LogP contribution in [0.1, 0.15) is 34.8 Å². The number of amides is 1. The third kappa shape index (κ3) is 5.50. The number of benzene rings is 2. The van der Waals surface area contributed by atoms with Gasteiger partial charge in [0.25, 0.3) is 5.91 Å². The summed E-state index contributed by atoms with van der Waals surface area (Å²) in [6, 6.07) is 11.0. The molecule has 2 aromatic carbocycles. The topological polar surface area (TPSA) is 102 Å². The number of fused-ring (bicyclic) bond motifs is 1. The minimum absolute atomic E-state index is 0.0160. The number of nitrogens with one attached hydrogen (secondary N) is 1. The second-order valence-corrected chi connectivity index (χ2v) is 7.92. The summed E-state index contributed by atoms with van der Waals surface area (Å²) in [6.07, 6.45) is 1.99. The molecule has 1 aliphatic rings. The summed E-state index contributed by atoms with van der Waals surface area (Å²) in [6.45, 7) is 0.120. The first kappa shape index (κ1) is 22.1. The first-order valence-corrected chi connectivity index (χ1v) is 10.2. The van der Waals surface area contributed by atoms with Crippen molar-refractivity contribution in [2.45, 2.75) is 38.0 Å². The standard InChI is InChI=1S/C23H30N2O5/c1-25(2)23(29)14-30-20-7-4-15-3-6-19(10-17(15)11-20)24-12-22(28)16-5-8-21(27)18(9-16)13-26/h4-5,7-9,11,19,22,24,26-28H,3,6,10,12-14H2,1-2H3/t19-,22+/m1/s1. The summed E-state index contributed by atoms with van der Waals surface area (Å²) in [5.41, 5.74) is 3.53. The van der Waals surface area contributed by atoms with Crippen LogP contribution in [0.25, 0.3) is 0 Å². The van der Waals surface area contributed by atoms with Crippen LogP contribution in [0, 0.1) is 0 Å². The lowest BCUT2D eigenvalue weighted by molar-refractivity contribution is -0.130. The Balaban J connectivity index is 1.56. The highest BCUT2D eigenvalue weighted by Crippen LogP contribution is 2.27. The third-order valence-electron chi connectivity index (χ3n) is 5.53. The van der Waals surface area contributed by atoms with Gasteiger partial charge in [0.15, 0.2) is 6.61 Å². The molecular formula is C23H30N2O5. The Bertz CT molecular complexity index is 884. The van der Waals surface area contributed by atoms with Crippen LogP contribution >= 0.6 is 0 Å². The van der Waals surface area contributed by atoms with E-state index in [4.69, 9.17) is 4.74 Å². The van der Waals surface area contributed by atoms with Crippen molar-refractivity contribution in [3.8, 4) is 11.5 Å². The number of hydrogen-bond donors (Lipinski definition) is 4. The number of nitrogens with zero attached hydrogens (tertiary/aromatic N) is 1. The second kappa shape index (κ2) is 9.93. The fraction of sp³-hybridized carbons (Fsp3) is 0.435. The van der Waals surface area contributed by atoms with Crippen molar-refractivity contribution in [3.05, 3.63) is 58.7 Å². The van der Waals surface area contributed by atoms with Gasteiger partial charge in [0.05, 0.1) is 12.7 Å². The average molecular weight is 415 g/mol. The summed E-state index contributed by atoms with van der Waals surface area (Å²) in [4.78, 5) is 13.2. The molecule has 162 valence electrons. The lowest BCUT2D eigenvalue weighted by Gasteiger charge is -2.27. The molecule has 1 aliphatic carbocycles. The minimum atomic E-state index is -0.732. The fourth-order valence-corrected chi connectivity index (χ4v) is 3.61. The van der Waals surface area contributed by atoms with E-state index in [0.717, 1.165) is 19.3 Å². The molecule has 2 aromatic rings. The fourth-order valence-electron chi connectivity index (χ4n) is 3.61. The zero-order valence-corrected chi connectivity index (χ0v) is 17.5. The van der Waals surface area contributed by atoms with Crippen LogP contribution in [0.5, 0.6) is 11.5 Å². The third-order valence-corrected chi connectivity index (χ3v) is 5.53. The molecule has 0 heterocycles. The molecule has 3 rings (SSSR count). The molecule has 0 saturated heterocycles. The monoisotopic (exact) mass is 414 g/mol. The predicted octanol–water partition coefficient (Wildman–Crippen LogP) is 1.53. The molecule has 0 fully saturated rings. The van der Waals surface area contributed by atoms with Crippen molar-refractivity contribution in [2.75, 3.05) is 27.2 Å². The molecule has 1 amide bonds. The first-order chi connectivity index (χ1) is 14.4. The van der Waals surface area contributed by atoms with Crippen molar-refractivity contribution in [1.82, 2.24) is 10.2 Å². The van der Waals surface area contributed by atoms with Crippen molar-refractivity contribution in [3.63, 3.8) is 0 Å². The van der Waals surface area contributed by atoms with Crippen molar-refractivity contribution < 1.29 is 24.9 Å². The summed E-state index contributed by atoms with van der Waals surface area (Å²) in [5.74, 6) is 0.626. The van der Waals surface area contributed by atoms with Crippen LogP contribution in [-0.2, 0) is 24.2 Å². The number of hydrogen-bond acceptors (Lipinski definition) is 6. The molecule has 0 aromatic heterocycles. The maximum Gasteiger partial charge on any atom is 0.259 e. The van der Waals surface area contributed by atoms with Crippen molar-refractivity contribution in [2.24, 2.45) is 0 Å². The summed E-state index contributed by atoms with van der Waals surface area (Å²) in [5, 5.41) is 32.9. The summed E-state index contributed by atoms with van der Waals surface area (Å²) in [7, 11) is 3.40. The van der Waals surface area contributed by atoms with Crippen LogP contribution in [0.4, 0.5) is 0 Å². The van der Waals surface area contributed by atoms with E-state index in [9.17, 15) is 20.1 Å². The SMILES string of the molecule is CN(C)C(=O)COc1ccc2c(c1)C[C@H](NC[C@H](O)c1ccc(O)c(CO)c1)CC2. The van der Waals surface area contributed by atoms with Crippen LogP contribution in [-0.4, -0.2) is 59.4 Å². The van der Waals surface area contributed by atoms with Crippen molar-refractivity contribution in [1.29, 1.82) is 0 Å². The highest BCUT2D eigenvalue weighted by molar-refractivity contribution is 5.77. The number of carbonyl (C=O) groups is 1. The summed E-state index contributed by atoms with van der Waals surface area (Å²) < 4.78 is 5.63. The van der Waals surface area contributed by atoms with E-state index in [0.29, 0.717) is 23.4 Å². The number of phenols is 1. The molecule has 0 saturated carbocycles. The van der Waals surface area contributed by atoms with E-state index in [1.165, 1.54) is 22.1 Å². The van der Waals surface area contributed by atoms with Crippen LogP contribution < -0.4 is 10.1 Å². The van der Waals surface area contributed by atoms with Crippen LogP contribution in [0.15, 0.2) is 36.4 Å². The number of carbonyl (C=O) groups excluding carboxylic acids is 1. The number of aromatic hydroxyl groups is 1. The number of aliphatic hydroxyl groups excluding tert-OH is 2. The van der Waals surface area contributed by atoms with E-state index in [-0.39, 0.29) is 30.9 Å². The van der Waals surface area contributed by atoms with Gasteiger partial charge in [-0.05, 0) is 60.2 Å². The molecule has 0 unspecified atom stereocenters. The van der Waals surface area contributed by atoms with Gasteiger partial charge >= 0.3 is 0 Å². The van der Waals surface area contributed by atoms with Gasteiger partial charge in [0.1, 0.15) is 11.5 Å². The number of ether oxygens (including phenoxy) is 1. The molecular weight excluding hydrogens is 384 g/mol. The molecule has 0 spiro atoms. The molecule has 2 atom stereocenters. The quantitative estimate of drug-likeness (QED) is 0.523. The Morgan fingerprint density at radius 1 is 1.23 bits per heavy atom. The maximum atomic E-state index is 11.7. The molecule has 7 nitrogen and oxygen atoms in total. The molecule has 7 heteroatoms. The highest BCUT2D eigenvalue weighted by Gasteiger charge is 2.20. The Morgan fingerprint density at radius 2 is 2.03 bits per heavy atom. The Labute approximate surface area is 176 Å². The van der Waals surface area contributed by atoms with Gasteiger partial charge in [0.2, 0.25) is 0 Å². The lowest BCUT2D eigenvalue weighted by Crippen LogP contribution is -2.37. The van der Waals surface area contributed by atoms with Gasteiger partial charge in [-0.15, -0.1) is 0 Å². The molecule has 0 aliphatic heterocycles. The van der Waals surface area contributed by atoms with E-state index >= 15 is 0 Å². The van der Waals surface area contributed by atoms with Crippen LogP contribution in [0.2, 0.25) is 0 Å². The van der Waals surface area contributed by atoms with E-state index < -0.39 is 6.10 Å². The Kier molecular flexibility index (Phi) is 7.31. The van der Waals surface area contributed by atoms with E-state index in [2.05, 4.69) is 11.4 Å². The predicted molar refractivity (Wildman–Crippen MR) is 113 cm³/mol. The number of rotatable bonds is 8. The van der Waals surface area contributed by atoms with Gasteiger partial charge in [-0.1, -0.05) is 12.1 Å². The van der Waals surface area contributed by atoms with Crippen LogP contribution in [0.3, 0.4) is 0 Å². The second-order valence-electron chi connectivity index (χ2n) is 7.92. The van der Waals surface area contributed by atoms with Gasteiger partial charge in [0, 0.05) is 32.2 Å². The Morgan fingerprint density at radius 3 is 2.77 bits per heavy atom. The summed E-state index contributed by atoms with van der Waals surface area (Å²) >= 11 is 0. The molecule has 30 heavy (non-hydrogen) atoms. The first-order valence-electron chi connectivity index (χ1n) is 10.2. The van der Waals surface area contributed by atoms with Gasteiger partial charge in [-0.2, -0.15) is 0 Å². The zero-order valence-electron chi connectivity index (χ0n) is 17.5. The van der Waals surface area contributed by atoms with Gasteiger partial charge in [-0.25, -0.2) is 0 Å². The minimum Gasteiger partial charge on any atom is -0.508 e. The van der Waals surface area contributed by atoms with Crippen molar-refractivity contribution >= 4 is 5.91 Å². The normalized spacial score (nSPS) is 16.6. The maximum absolute atomic E-state index is 11.7. The number of likely N-dealkylation sites (N-methyl/N-ethyl adjacent to an activating group) is 1. The van der Waals surface area contributed by atoms with E-state index in [1.54, 1.807) is 26.2 Å². The van der Waals surface area contributed by atoms with E-state index in [1.807, 2.05) is 12.1 Å². The smallest absolute Gasteiger partial charge is 0.259 e.